The van der Waals surface area contributed by atoms with Crippen LogP contribution >= 0.6 is 12.4 Å². The van der Waals surface area contributed by atoms with Gasteiger partial charge < -0.3 is 15.4 Å². The van der Waals surface area contributed by atoms with E-state index in [2.05, 4.69) is 10.6 Å². The molecular weight excluding hydrogens is 316 g/mol. The molecule has 0 bridgehead atoms. The van der Waals surface area contributed by atoms with Crippen molar-refractivity contribution in [3.8, 4) is 0 Å². The highest BCUT2D eigenvalue weighted by atomic mass is 35.5. The summed E-state index contributed by atoms with van der Waals surface area (Å²) in [5.41, 5.74) is 0.859. The van der Waals surface area contributed by atoms with Crippen LogP contribution in [-0.4, -0.2) is 37.6 Å². The highest BCUT2D eigenvalue weighted by molar-refractivity contribution is 5.85. The summed E-state index contributed by atoms with van der Waals surface area (Å²) in [7, 11) is 0. The molecule has 128 valence electrons. The Balaban J connectivity index is 0.00000264. The quantitative estimate of drug-likeness (QED) is 0.777. The lowest BCUT2D eigenvalue weighted by Crippen LogP contribution is -2.48. The molecule has 0 saturated carbocycles. The van der Waals surface area contributed by atoms with E-state index in [0.29, 0.717) is 6.61 Å². The van der Waals surface area contributed by atoms with Gasteiger partial charge in [-0.25, -0.2) is 0 Å². The molecule has 0 aromatic heterocycles. The number of hydrogen-bond donors (Lipinski definition) is 2. The molecule has 1 amide bonds. The molecule has 2 rings (SSSR count). The van der Waals surface area contributed by atoms with Crippen LogP contribution < -0.4 is 10.6 Å². The summed E-state index contributed by atoms with van der Waals surface area (Å²) in [4.78, 5) is 24.3. The molecule has 5 nitrogen and oxygen atoms in total. The van der Waals surface area contributed by atoms with Crippen molar-refractivity contribution >= 4 is 24.3 Å². The fourth-order valence-corrected chi connectivity index (χ4v) is 2.67. The molecule has 0 spiro atoms. The van der Waals surface area contributed by atoms with E-state index in [1.807, 2.05) is 30.3 Å². The summed E-state index contributed by atoms with van der Waals surface area (Å²) in [5.74, 6) is -0.802. The first-order chi connectivity index (χ1) is 10.7. The van der Waals surface area contributed by atoms with Crippen LogP contribution in [-0.2, 0) is 14.3 Å². The van der Waals surface area contributed by atoms with Crippen molar-refractivity contribution in [1.82, 2.24) is 10.6 Å². The number of ether oxygens (including phenoxy) is 1. The Morgan fingerprint density at radius 1 is 1.30 bits per heavy atom. The standard InChI is InChI=1S/C17H24N2O3.ClH/c1-2-22-17(21)14(13-8-4-3-5-9-13)12-19-16(20)15-10-6-7-11-18-15;/h3-5,8-9,14-15,18H,2,6-7,10-12H2,1H3,(H,19,20);1H. The molecule has 1 aliphatic rings. The third kappa shape index (κ3) is 5.84. The number of rotatable bonds is 6. The zero-order valence-electron chi connectivity index (χ0n) is 13.4. The molecule has 1 fully saturated rings. The Hall–Kier alpha value is -1.59. The predicted molar refractivity (Wildman–Crippen MR) is 91.7 cm³/mol. The van der Waals surface area contributed by atoms with Gasteiger partial charge in [-0.2, -0.15) is 0 Å². The fourth-order valence-electron chi connectivity index (χ4n) is 2.67. The van der Waals surface area contributed by atoms with Crippen molar-refractivity contribution in [2.24, 2.45) is 0 Å². The normalized spacial score (nSPS) is 18.4. The minimum atomic E-state index is -0.464. The van der Waals surface area contributed by atoms with E-state index in [4.69, 9.17) is 4.74 Å². The molecule has 23 heavy (non-hydrogen) atoms. The van der Waals surface area contributed by atoms with Crippen molar-refractivity contribution in [1.29, 1.82) is 0 Å². The average Bonchev–Trinajstić information content (AvgIpc) is 2.57. The van der Waals surface area contributed by atoms with Crippen molar-refractivity contribution in [3.05, 3.63) is 35.9 Å². The number of benzene rings is 1. The van der Waals surface area contributed by atoms with E-state index in [1.165, 1.54) is 0 Å². The topological polar surface area (TPSA) is 67.4 Å². The number of amides is 1. The number of carbonyl (C=O) groups is 2. The van der Waals surface area contributed by atoms with Crippen LogP contribution in [0, 0.1) is 0 Å². The number of esters is 1. The van der Waals surface area contributed by atoms with Gasteiger partial charge in [0.25, 0.3) is 0 Å². The summed E-state index contributed by atoms with van der Waals surface area (Å²) in [6.45, 7) is 3.25. The largest absolute Gasteiger partial charge is 0.465 e. The molecule has 2 atom stereocenters. The molecule has 0 aliphatic carbocycles. The van der Waals surface area contributed by atoms with Gasteiger partial charge in [-0.1, -0.05) is 36.8 Å². The average molecular weight is 341 g/mol. The van der Waals surface area contributed by atoms with Gasteiger partial charge in [-0.15, -0.1) is 12.4 Å². The van der Waals surface area contributed by atoms with E-state index in [9.17, 15) is 9.59 Å². The molecule has 2 N–H and O–H groups in total. The molecule has 6 heteroatoms. The SMILES string of the molecule is CCOC(=O)C(CNC(=O)C1CCCCN1)c1ccccc1.Cl. The summed E-state index contributed by atoms with van der Waals surface area (Å²) >= 11 is 0. The monoisotopic (exact) mass is 340 g/mol. The molecule has 1 aliphatic heterocycles. The number of nitrogens with one attached hydrogen (secondary N) is 2. The molecule has 1 heterocycles. The Bertz CT molecular complexity index is 490. The van der Waals surface area contributed by atoms with Crippen molar-refractivity contribution in [2.45, 2.75) is 38.1 Å². The summed E-state index contributed by atoms with van der Waals surface area (Å²) in [5, 5.41) is 6.10. The van der Waals surface area contributed by atoms with E-state index in [0.717, 1.165) is 31.4 Å². The minimum absolute atomic E-state index is 0. The Labute approximate surface area is 143 Å². The predicted octanol–water partition coefficient (Wildman–Crippen LogP) is 2.01. The molecule has 2 unspecified atom stereocenters. The maximum Gasteiger partial charge on any atom is 0.315 e. The summed E-state index contributed by atoms with van der Waals surface area (Å²) in [6, 6.07) is 9.28. The van der Waals surface area contributed by atoms with Crippen LogP contribution in [0.1, 0.15) is 37.7 Å². The molecule has 0 radical (unpaired) electrons. The zero-order valence-corrected chi connectivity index (χ0v) is 14.2. The smallest absolute Gasteiger partial charge is 0.315 e. The van der Waals surface area contributed by atoms with Crippen LogP contribution in [0.15, 0.2) is 30.3 Å². The van der Waals surface area contributed by atoms with Crippen molar-refractivity contribution in [2.75, 3.05) is 19.7 Å². The second kappa shape index (κ2) is 10.2. The molecule has 1 saturated heterocycles. The molecule has 1 aromatic carbocycles. The third-order valence-electron chi connectivity index (χ3n) is 3.88. The molecule has 1 aromatic rings. The van der Waals surface area contributed by atoms with Crippen molar-refractivity contribution in [3.63, 3.8) is 0 Å². The second-order valence-electron chi connectivity index (χ2n) is 5.46. The van der Waals surface area contributed by atoms with Gasteiger partial charge in [0.05, 0.1) is 18.6 Å². The van der Waals surface area contributed by atoms with Crippen LogP contribution in [0.4, 0.5) is 0 Å². The molecular formula is C17H25ClN2O3. The second-order valence-corrected chi connectivity index (χ2v) is 5.46. The maximum absolute atomic E-state index is 12.2. The van der Waals surface area contributed by atoms with E-state index in [-0.39, 0.29) is 36.9 Å². The van der Waals surface area contributed by atoms with E-state index in [1.54, 1.807) is 6.92 Å². The maximum atomic E-state index is 12.2. The highest BCUT2D eigenvalue weighted by Gasteiger charge is 2.25. The summed E-state index contributed by atoms with van der Waals surface area (Å²) in [6.07, 6.45) is 3.02. The summed E-state index contributed by atoms with van der Waals surface area (Å²) < 4.78 is 5.13. The van der Waals surface area contributed by atoms with Crippen LogP contribution in [0.25, 0.3) is 0 Å². The van der Waals surface area contributed by atoms with E-state index < -0.39 is 5.92 Å². The zero-order chi connectivity index (χ0) is 15.8. The Morgan fingerprint density at radius 3 is 2.65 bits per heavy atom. The lowest BCUT2D eigenvalue weighted by molar-refractivity contribution is -0.144. The number of hydrogen-bond acceptors (Lipinski definition) is 4. The van der Waals surface area contributed by atoms with E-state index >= 15 is 0 Å². The minimum Gasteiger partial charge on any atom is -0.465 e. The number of carbonyl (C=O) groups excluding carboxylic acids is 2. The number of halogens is 1. The van der Waals surface area contributed by atoms with Gasteiger partial charge in [0.15, 0.2) is 0 Å². The van der Waals surface area contributed by atoms with Gasteiger partial charge in [0, 0.05) is 6.54 Å². The van der Waals surface area contributed by atoms with Gasteiger partial charge in [0.1, 0.15) is 0 Å². The van der Waals surface area contributed by atoms with Gasteiger partial charge in [-0.3, -0.25) is 9.59 Å². The third-order valence-corrected chi connectivity index (χ3v) is 3.88. The Kier molecular flexibility index (Phi) is 8.66. The van der Waals surface area contributed by atoms with Gasteiger partial charge in [-0.05, 0) is 31.9 Å². The van der Waals surface area contributed by atoms with Crippen LogP contribution in [0.2, 0.25) is 0 Å². The number of piperidine rings is 1. The van der Waals surface area contributed by atoms with Crippen LogP contribution in [0.5, 0.6) is 0 Å². The van der Waals surface area contributed by atoms with Gasteiger partial charge >= 0.3 is 5.97 Å². The first kappa shape index (κ1) is 19.5. The lowest BCUT2D eigenvalue weighted by Gasteiger charge is -2.24. The highest BCUT2D eigenvalue weighted by Crippen LogP contribution is 2.17. The first-order valence-corrected chi connectivity index (χ1v) is 7.95. The Morgan fingerprint density at radius 2 is 2.04 bits per heavy atom. The fraction of sp³-hybridized carbons (Fsp3) is 0.529. The van der Waals surface area contributed by atoms with Crippen LogP contribution in [0.3, 0.4) is 0 Å². The lowest BCUT2D eigenvalue weighted by atomic mass is 9.98. The van der Waals surface area contributed by atoms with Gasteiger partial charge in [0.2, 0.25) is 5.91 Å². The first-order valence-electron chi connectivity index (χ1n) is 7.95. The van der Waals surface area contributed by atoms with Crippen molar-refractivity contribution < 1.29 is 14.3 Å².